The molecule has 0 bridgehead atoms. The first-order valence-electron chi connectivity index (χ1n) is 6.68. The number of aryl methyl sites for hydroxylation is 2. The van der Waals surface area contributed by atoms with Crippen LogP contribution in [-0.4, -0.2) is 0 Å². The molecule has 94 valence electrons. The third-order valence-electron chi connectivity index (χ3n) is 3.37. The van der Waals surface area contributed by atoms with Crippen LogP contribution in [0.15, 0.2) is 54.6 Å². The van der Waals surface area contributed by atoms with Crippen molar-refractivity contribution in [3.8, 4) is 0 Å². The van der Waals surface area contributed by atoms with Crippen molar-refractivity contribution in [2.24, 2.45) is 5.73 Å². The normalized spacial score (nSPS) is 12.3. The lowest BCUT2D eigenvalue weighted by atomic mass is 9.98. The van der Waals surface area contributed by atoms with E-state index in [2.05, 4.69) is 43.3 Å². The van der Waals surface area contributed by atoms with E-state index in [1.165, 1.54) is 16.7 Å². The molecular formula is C17H21N. The van der Waals surface area contributed by atoms with Gasteiger partial charge in [-0.05, 0) is 36.0 Å². The van der Waals surface area contributed by atoms with Gasteiger partial charge in [0, 0.05) is 6.04 Å². The van der Waals surface area contributed by atoms with E-state index in [1.807, 2.05) is 18.2 Å². The summed E-state index contributed by atoms with van der Waals surface area (Å²) in [6, 6.07) is 19.3. The maximum absolute atomic E-state index is 6.21. The van der Waals surface area contributed by atoms with Crippen molar-refractivity contribution >= 4 is 0 Å². The van der Waals surface area contributed by atoms with E-state index >= 15 is 0 Å². The molecule has 2 aromatic rings. The van der Waals surface area contributed by atoms with Gasteiger partial charge in [0.25, 0.3) is 0 Å². The predicted octanol–water partition coefficient (Wildman–Crippen LogP) is 3.88. The van der Waals surface area contributed by atoms with Crippen LogP contribution in [0.25, 0.3) is 0 Å². The number of nitrogens with two attached hydrogens (primary N) is 1. The van der Waals surface area contributed by atoms with E-state index in [9.17, 15) is 0 Å². The third kappa shape index (κ3) is 3.44. The fourth-order valence-electron chi connectivity index (χ4n) is 2.19. The van der Waals surface area contributed by atoms with Gasteiger partial charge >= 0.3 is 0 Å². The lowest BCUT2D eigenvalue weighted by molar-refractivity contribution is 0.651. The van der Waals surface area contributed by atoms with Gasteiger partial charge < -0.3 is 5.73 Å². The molecule has 0 amide bonds. The van der Waals surface area contributed by atoms with Crippen molar-refractivity contribution < 1.29 is 0 Å². The Morgan fingerprint density at radius 2 is 1.67 bits per heavy atom. The van der Waals surface area contributed by atoms with Crippen LogP contribution in [0, 0.1) is 0 Å². The van der Waals surface area contributed by atoms with Crippen LogP contribution in [-0.2, 0) is 12.8 Å². The van der Waals surface area contributed by atoms with E-state index in [0.29, 0.717) is 0 Å². The Morgan fingerprint density at radius 3 is 2.39 bits per heavy atom. The van der Waals surface area contributed by atoms with E-state index in [4.69, 9.17) is 5.73 Å². The third-order valence-corrected chi connectivity index (χ3v) is 3.37. The van der Waals surface area contributed by atoms with Gasteiger partial charge in [-0.2, -0.15) is 0 Å². The molecule has 1 atom stereocenters. The van der Waals surface area contributed by atoms with Crippen molar-refractivity contribution in [3.63, 3.8) is 0 Å². The summed E-state index contributed by atoms with van der Waals surface area (Å²) in [6.45, 7) is 2.19. The molecule has 0 heterocycles. The molecule has 0 saturated carbocycles. The Bertz CT molecular complexity index is 476. The standard InChI is InChI=1S/C17H21N/c1-2-14-7-6-8-15(13-14)11-12-17(18)16-9-4-3-5-10-16/h3-10,13,17H,2,11-12,18H2,1H3. The first-order valence-corrected chi connectivity index (χ1v) is 6.68. The van der Waals surface area contributed by atoms with E-state index in [-0.39, 0.29) is 6.04 Å². The highest BCUT2D eigenvalue weighted by molar-refractivity contribution is 5.24. The molecule has 0 spiro atoms. The van der Waals surface area contributed by atoms with E-state index in [0.717, 1.165) is 19.3 Å². The maximum Gasteiger partial charge on any atom is 0.0298 e. The molecule has 0 aromatic heterocycles. The Morgan fingerprint density at radius 1 is 0.944 bits per heavy atom. The highest BCUT2D eigenvalue weighted by atomic mass is 14.6. The molecule has 1 nitrogen and oxygen atoms in total. The van der Waals surface area contributed by atoms with Gasteiger partial charge in [0.15, 0.2) is 0 Å². The summed E-state index contributed by atoms with van der Waals surface area (Å²) in [6.07, 6.45) is 3.14. The fraction of sp³-hybridized carbons (Fsp3) is 0.294. The minimum Gasteiger partial charge on any atom is -0.324 e. The van der Waals surface area contributed by atoms with Gasteiger partial charge in [-0.1, -0.05) is 61.5 Å². The summed E-state index contributed by atoms with van der Waals surface area (Å²) in [4.78, 5) is 0. The topological polar surface area (TPSA) is 26.0 Å². The fourth-order valence-corrected chi connectivity index (χ4v) is 2.19. The Balaban J connectivity index is 1.95. The second kappa shape index (κ2) is 6.36. The maximum atomic E-state index is 6.21. The number of hydrogen-bond donors (Lipinski definition) is 1. The molecule has 2 N–H and O–H groups in total. The van der Waals surface area contributed by atoms with Gasteiger partial charge in [0.05, 0.1) is 0 Å². The zero-order valence-corrected chi connectivity index (χ0v) is 11.0. The highest BCUT2D eigenvalue weighted by Crippen LogP contribution is 2.17. The van der Waals surface area contributed by atoms with Crippen molar-refractivity contribution in [2.75, 3.05) is 0 Å². The summed E-state index contributed by atoms with van der Waals surface area (Å²) in [5.74, 6) is 0. The van der Waals surface area contributed by atoms with E-state index in [1.54, 1.807) is 0 Å². The van der Waals surface area contributed by atoms with Crippen molar-refractivity contribution in [3.05, 3.63) is 71.3 Å². The van der Waals surface area contributed by atoms with Gasteiger partial charge in [-0.25, -0.2) is 0 Å². The molecule has 0 aliphatic rings. The number of rotatable bonds is 5. The summed E-state index contributed by atoms with van der Waals surface area (Å²) in [7, 11) is 0. The molecule has 0 radical (unpaired) electrons. The van der Waals surface area contributed by atoms with Gasteiger partial charge in [-0.15, -0.1) is 0 Å². The zero-order chi connectivity index (χ0) is 12.8. The SMILES string of the molecule is CCc1cccc(CCC(N)c2ccccc2)c1. The molecule has 2 aromatic carbocycles. The van der Waals surface area contributed by atoms with Gasteiger partial charge in [-0.3, -0.25) is 0 Å². The molecule has 0 aliphatic carbocycles. The Kier molecular flexibility index (Phi) is 4.54. The smallest absolute Gasteiger partial charge is 0.0298 e. The van der Waals surface area contributed by atoms with Crippen LogP contribution < -0.4 is 5.73 Å². The number of benzene rings is 2. The second-order valence-corrected chi connectivity index (χ2v) is 4.73. The molecular weight excluding hydrogens is 218 g/mol. The molecule has 0 fully saturated rings. The van der Waals surface area contributed by atoms with Crippen LogP contribution in [0.1, 0.15) is 36.1 Å². The molecule has 0 saturated heterocycles. The van der Waals surface area contributed by atoms with Crippen molar-refractivity contribution in [1.82, 2.24) is 0 Å². The number of hydrogen-bond acceptors (Lipinski definition) is 1. The van der Waals surface area contributed by atoms with Crippen LogP contribution >= 0.6 is 0 Å². The van der Waals surface area contributed by atoms with Crippen LogP contribution in [0.5, 0.6) is 0 Å². The van der Waals surface area contributed by atoms with Crippen molar-refractivity contribution in [2.45, 2.75) is 32.2 Å². The average molecular weight is 239 g/mol. The molecule has 18 heavy (non-hydrogen) atoms. The quantitative estimate of drug-likeness (QED) is 0.842. The second-order valence-electron chi connectivity index (χ2n) is 4.73. The molecule has 1 heteroatoms. The van der Waals surface area contributed by atoms with Gasteiger partial charge in [0.1, 0.15) is 0 Å². The highest BCUT2D eigenvalue weighted by Gasteiger charge is 2.05. The summed E-state index contributed by atoms with van der Waals surface area (Å²) in [5.41, 5.74) is 10.2. The van der Waals surface area contributed by atoms with Crippen LogP contribution in [0.4, 0.5) is 0 Å². The molecule has 0 aliphatic heterocycles. The monoisotopic (exact) mass is 239 g/mol. The Hall–Kier alpha value is -1.60. The first-order chi connectivity index (χ1) is 8.79. The minimum absolute atomic E-state index is 0.136. The van der Waals surface area contributed by atoms with E-state index < -0.39 is 0 Å². The average Bonchev–Trinajstić information content (AvgIpc) is 2.46. The minimum atomic E-state index is 0.136. The lowest BCUT2D eigenvalue weighted by Gasteiger charge is -2.12. The molecule has 2 rings (SSSR count). The van der Waals surface area contributed by atoms with Crippen molar-refractivity contribution in [1.29, 1.82) is 0 Å². The van der Waals surface area contributed by atoms with Crippen LogP contribution in [0.3, 0.4) is 0 Å². The summed E-state index contributed by atoms with van der Waals surface area (Å²) in [5, 5.41) is 0. The lowest BCUT2D eigenvalue weighted by Crippen LogP contribution is -2.11. The Labute approximate surface area is 110 Å². The zero-order valence-electron chi connectivity index (χ0n) is 11.0. The largest absolute Gasteiger partial charge is 0.324 e. The van der Waals surface area contributed by atoms with Crippen LogP contribution in [0.2, 0.25) is 0 Å². The first kappa shape index (κ1) is 12.8. The molecule has 1 unspecified atom stereocenters. The summed E-state index contributed by atoms with van der Waals surface area (Å²) < 4.78 is 0. The summed E-state index contributed by atoms with van der Waals surface area (Å²) >= 11 is 0. The van der Waals surface area contributed by atoms with Gasteiger partial charge in [0.2, 0.25) is 0 Å². The predicted molar refractivity (Wildman–Crippen MR) is 77.5 cm³/mol.